The van der Waals surface area contributed by atoms with Gasteiger partial charge in [-0.1, -0.05) is 0 Å². The van der Waals surface area contributed by atoms with Gasteiger partial charge in [0.15, 0.2) is 0 Å². The number of carbonyl (C=O) groups is 1. The van der Waals surface area contributed by atoms with E-state index in [1.807, 2.05) is 19.9 Å². The Morgan fingerprint density at radius 1 is 1.33 bits per heavy atom. The summed E-state index contributed by atoms with van der Waals surface area (Å²) in [5, 5.41) is 8.84. The van der Waals surface area contributed by atoms with Crippen molar-refractivity contribution in [3.63, 3.8) is 0 Å². The third-order valence-electron chi connectivity index (χ3n) is 3.16. The third-order valence-corrected chi connectivity index (χ3v) is 4.56. The van der Waals surface area contributed by atoms with Gasteiger partial charge in [-0.25, -0.2) is 13.1 Å². The average Bonchev–Trinajstić information content (AvgIpc) is 2.46. The SMILES string of the molecule is CCN(CC)C(=O)CNS(=O)(=O)c1ccc(C#N)c(C)c1. The van der Waals surface area contributed by atoms with Gasteiger partial charge in [0.25, 0.3) is 0 Å². The fraction of sp³-hybridized carbons (Fsp3) is 0.429. The maximum absolute atomic E-state index is 12.1. The van der Waals surface area contributed by atoms with Crippen LogP contribution < -0.4 is 4.72 Å². The molecule has 7 heteroatoms. The van der Waals surface area contributed by atoms with Crippen molar-refractivity contribution in [1.82, 2.24) is 9.62 Å². The number of likely N-dealkylation sites (N-methyl/N-ethyl adjacent to an activating group) is 1. The number of nitriles is 1. The lowest BCUT2D eigenvalue weighted by Gasteiger charge is -2.18. The zero-order valence-corrected chi connectivity index (χ0v) is 13.2. The molecule has 0 bridgehead atoms. The van der Waals surface area contributed by atoms with Crippen molar-refractivity contribution in [2.45, 2.75) is 25.7 Å². The number of aryl methyl sites for hydroxylation is 1. The van der Waals surface area contributed by atoms with E-state index in [2.05, 4.69) is 4.72 Å². The second-order valence-electron chi connectivity index (χ2n) is 4.48. The minimum Gasteiger partial charge on any atom is -0.342 e. The predicted molar refractivity (Wildman–Crippen MR) is 79.0 cm³/mol. The van der Waals surface area contributed by atoms with E-state index in [0.717, 1.165) is 0 Å². The summed E-state index contributed by atoms with van der Waals surface area (Å²) >= 11 is 0. The lowest BCUT2D eigenvalue weighted by molar-refractivity contribution is -0.129. The monoisotopic (exact) mass is 309 g/mol. The average molecular weight is 309 g/mol. The van der Waals surface area contributed by atoms with E-state index in [1.165, 1.54) is 18.2 Å². The molecule has 1 aromatic rings. The van der Waals surface area contributed by atoms with Gasteiger partial charge in [0.1, 0.15) is 0 Å². The quantitative estimate of drug-likeness (QED) is 0.849. The van der Waals surface area contributed by atoms with Crippen molar-refractivity contribution in [3.05, 3.63) is 29.3 Å². The molecule has 0 saturated carbocycles. The molecule has 0 unspecified atom stereocenters. The Hall–Kier alpha value is -1.91. The van der Waals surface area contributed by atoms with Gasteiger partial charge in [0.2, 0.25) is 15.9 Å². The van der Waals surface area contributed by atoms with Crippen LogP contribution in [-0.4, -0.2) is 38.9 Å². The summed E-state index contributed by atoms with van der Waals surface area (Å²) in [5.74, 6) is -0.269. The van der Waals surface area contributed by atoms with Crippen molar-refractivity contribution in [2.75, 3.05) is 19.6 Å². The fourth-order valence-electron chi connectivity index (χ4n) is 1.86. The van der Waals surface area contributed by atoms with Gasteiger partial charge in [-0.05, 0) is 44.5 Å². The van der Waals surface area contributed by atoms with E-state index < -0.39 is 10.0 Å². The zero-order chi connectivity index (χ0) is 16.0. The summed E-state index contributed by atoms with van der Waals surface area (Å²) in [7, 11) is -3.76. The number of sulfonamides is 1. The van der Waals surface area contributed by atoms with E-state index in [1.54, 1.807) is 11.8 Å². The molecule has 0 atom stereocenters. The van der Waals surface area contributed by atoms with E-state index in [9.17, 15) is 13.2 Å². The number of benzene rings is 1. The van der Waals surface area contributed by atoms with Crippen molar-refractivity contribution in [1.29, 1.82) is 5.26 Å². The molecule has 0 aliphatic rings. The summed E-state index contributed by atoms with van der Waals surface area (Å²) in [4.78, 5) is 13.4. The first kappa shape index (κ1) is 17.1. The molecule has 1 aromatic carbocycles. The standard InChI is InChI=1S/C14H19N3O3S/c1-4-17(5-2)14(18)10-16-21(19,20)13-7-6-12(9-15)11(3)8-13/h6-8,16H,4-5,10H2,1-3H3. The molecule has 6 nitrogen and oxygen atoms in total. The molecule has 0 heterocycles. The fourth-order valence-corrected chi connectivity index (χ4v) is 2.92. The smallest absolute Gasteiger partial charge is 0.241 e. The van der Waals surface area contributed by atoms with Gasteiger partial charge >= 0.3 is 0 Å². The van der Waals surface area contributed by atoms with Crippen LogP contribution >= 0.6 is 0 Å². The van der Waals surface area contributed by atoms with Crippen LogP contribution in [-0.2, 0) is 14.8 Å². The van der Waals surface area contributed by atoms with Gasteiger partial charge in [-0.2, -0.15) is 5.26 Å². The molecule has 0 aliphatic carbocycles. The normalized spacial score (nSPS) is 11.0. The second-order valence-corrected chi connectivity index (χ2v) is 6.25. The summed E-state index contributed by atoms with van der Waals surface area (Å²) in [6.07, 6.45) is 0. The van der Waals surface area contributed by atoms with E-state index >= 15 is 0 Å². The Bertz CT molecular complexity index is 659. The molecule has 1 rings (SSSR count). The highest BCUT2D eigenvalue weighted by atomic mass is 32.2. The van der Waals surface area contributed by atoms with Crippen LogP contribution in [0.4, 0.5) is 0 Å². The van der Waals surface area contributed by atoms with Crippen LogP contribution in [0.1, 0.15) is 25.0 Å². The molecule has 0 aliphatic heterocycles. The van der Waals surface area contributed by atoms with Crippen LogP contribution in [0.5, 0.6) is 0 Å². The minimum absolute atomic E-state index is 0.0475. The Morgan fingerprint density at radius 2 is 1.95 bits per heavy atom. The number of rotatable bonds is 6. The van der Waals surface area contributed by atoms with Crippen LogP contribution in [0.25, 0.3) is 0 Å². The molecule has 0 saturated heterocycles. The van der Waals surface area contributed by atoms with Gasteiger partial charge in [0, 0.05) is 13.1 Å². The summed E-state index contributed by atoms with van der Waals surface area (Å²) in [6, 6.07) is 6.21. The predicted octanol–water partition coefficient (Wildman–Crippen LogP) is 1.01. The topological polar surface area (TPSA) is 90.3 Å². The van der Waals surface area contributed by atoms with Crippen LogP contribution in [0.15, 0.2) is 23.1 Å². The Morgan fingerprint density at radius 3 is 2.43 bits per heavy atom. The summed E-state index contributed by atoms with van der Waals surface area (Å²) in [6.45, 7) is 6.13. The third kappa shape index (κ3) is 4.28. The number of hydrogen-bond acceptors (Lipinski definition) is 4. The van der Waals surface area contributed by atoms with Crippen molar-refractivity contribution < 1.29 is 13.2 Å². The second kappa shape index (κ2) is 7.20. The number of nitrogens with one attached hydrogen (secondary N) is 1. The van der Waals surface area contributed by atoms with Crippen LogP contribution in [0.2, 0.25) is 0 Å². The number of nitrogens with zero attached hydrogens (tertiary/aromatic N) is 2. The molecule has 21 heavy (non-hydrogen) atoms. The molecule has 0 fully saturated rings. The van der Waals surface area contributed by atoms with E-state index in [4.69, 9.17) is 5.26 Å². The molecular weight excluding hydrogens is 290 g/mol. The maximum Gasteiger partial charge on any atom is 0.241 e. The highest BCUT2D eigenvalue weighted by molar-refractivity contribution is 7.89. The van der Waals surface area contributed by atoms with Gasteiger partial charge in [0.05, 0.1) is 23.1 Å². The highest BCUT2D eigenvalue weighted by Crippen LogP contribution is 2.14. The number of carbonyl (C=O) groups excluding carboxylic acids is 1. The largest absolute Gasteiger partial charge is 0.342 e. The molecule has 0 spiro atoms. The molecule has 0 radical (unpaired) electrons. The summed E-state index contributed by atoms with van der Waals surface area (Å²) in [5.41, 5.74) is 1.00. The Balaban J connectivity index is 2.86. The van der Waals surface area contributed by atoms with Gasteiger partial charge < -0.3 is 4.90 Å². The number of amides is 1. The van der Waals surface area contributed by atoms with Crippen molar-refractivity contribution in [2.24, 2.45) is 0 Å². The molecule has 0 aromatic heterocycles. The maximum atomic E-state index is 12.1. The van der Waals surface area contributed by atoms with E-state index in [0.29, 0.717) is 24.2 Å². The summed E-state index contributed by atoms with van der Waals surface area (Å²) < 4.78 is 26.5. The first-order valence-electron chi connectivity index (χ1n) is 6.63. The number of hydrogen-bond donors (Lipinski definition) is 1. The van der Waals surface area contributed by atoms with Crippen molar-refractivity contribution in [3.8, 4) is 6.07 Å². The molecule has 1 amide bonds. The lowest BCUT2D eigenvalue weighted by atomic mass is 10.1. The van der Waals surface area contributed by atoms with Crippen molar-refractivity contribution >= 4 is 15.9 Å². The van der Waals surface area contributed by atoms with Gasteiger partial charge in [-0.3, -0.25) is 4.79 Å². The Labute approximate surface area is 125 Å². The first-order valence-corrected chi connectivity index (χ1v) is 8.12. The first-order chi connectivity index (χ1) is 9.85. The minimum atomic E-state index is -3.76. The van der Waals surface area contributed by atoms with Crippen LogP contribution in [0, 0.1) is 18.3 Å². The van der Waals surface area contributed by atoms with Crippen LogP contribution in [0.3, 0.4) is 0 Å². The van der Waals surface area contributed by atoms with Gasteiger partial charge in [-0.15, -0.1) is 0 Å². The lowest BCUT2D eigenvalue weighted by Crippen LogP contribution is -2.39. The Kier molecular flexibility index (Phi) is 5.88. The molecule has 1 N–H and O–H groups in total. The van der Waals surface area contributed by atoms with E-state index in [-0.39, 0.29) is 17.3 Å². The zero-order valence-electron chi connectivity index (χ0n) is 12.4. The molecular formula is C14H19N3O3S. The highest BCUT2D eigenvalue weighted by Gasteiger charge is 2.18. The molecule has 114 valence electrons.